The van der Waals surface area contributed by atoms with Crippen molar-refractivity contribution in [2.75, 3.05) is 46.4 Å². The lowest BCUT2D eigenvalue weighted by atomic mass is 10.3. The number of halogens is 1. The molecule has 0 bridgehead atoms. The molecule has 1 rings (SSSR count). The number of ether oxygens (including phenoxy) is 1. The summed E-state index contributed by atoms with van der Waals surface area (Å²) in [5, 5.41) is 6.38. The van der Waals surface area contributed by atoms with Crippen LogP contribution in [0.5, 0.6) is 0 Å². The van der Waals surface area contributed by atoms with Crippen molar-refractivity contribution < 1.29 is 9.53 Å². The van der Waals surface area contributed by atoms with E-state index in [0.29, 0.717) is 13.0 Å². The van der Waals surface area contributed by atoms with Crippen molar-refractivity contribution in [1.29, 1.82) is 0 Å². The highest BCUT2D eigenvalue weighted by Crippen LogP contribution is 2.08. The molecule has 21 heavy (non-hydrogen) atoms. The minimum absolute atomic E-state index is 0. The normalized spacial score (nSPS) is 14.8. The lowest BCUT2D eigenvalue weighted by molar-refractivity contribution is -0.129. The second-order valence-corrected chi connectivity index (χ2v) is 4.87. The molecule has 1 fully saturated rings. The number of methoxy groups -OCH3 is 1. The molecule has 1 aliphatic heterocycles. The van der Waals surface area contributed by atoms with Gasteiger partial charge in [-0.05, 0) is 26.2 Å². The number of aliphatic imine (C=N–C) groups is 1. The van der Waals surface area contributed by atoms with Gasteiger partial charge in [0.05, 0.1) is 0 Å². The van der Waals surface area contributed by atoms with Crippen LogP contribution in [0.3, 0.4) is 0 Å². The highest BCUT2D eigenvalue weighted by atomic mass is 127. The summed E-state index contributed by atoms with van der Waals surface area (Å²) in [5.74, 6) is 1.02. The van der Waals surface area contributed by atoms with Gasteiger partial charge in [-0.25, -0.2) is 0 Å². The summed E-state index contributed by atoms with van der Waals surface area (Å²) in [6.07, 6.45) is 3.72. The summed E-state index contributed by atoms with van der Waals surface area (Å²) < 4.78 is 4.99. The first-order valence-corrected chi connectivity index (χ1v) is 7.56. The Morgan fingerprint density at radius 3 is 2.62 bits per heavy atom. The lowest BCUT2D eigenvalue weighted by Gasteiger charge is -2.16. The topological polar surface area (TPSA) is 66.0 Å². The van der Waals surface area contributed by atoms with E-state index in [1.165, 1.54) is 0 Å². The van der Waals surface area contributed by atoms with Crippen molar-refractivity contribution >= 4 is 35.8 Å². The van der Waals surface area contributed by atoms with Gasteiger partial charge < -0.3 is 20.3 Å². The van der Waals surface area contributed by atoms with Gasteiger partial charge in [-0.15, -0.1) is 24.0 Å². The fraction of sp³-hybridized carbons (Fsp3) is 0.857. The molecule has 0 aromatic rings. The number of guanidine groups is 1. The van der Waals surface area contributed by atoms with Crippen LogP contribution in [0.1, 0.15) is 32.6 Å². The van der Waals surface area contributed by atoms with E-state index in [-0.39, 0.29) is 29.9 Å². The first-order valence-electron chi connectivity index (χ1n) is 7.56. The van der Waals surface area contributed by atoms with E-state index >= 15 is 0 Å². The van der Waals surface area contributed by atoms with Crippen molar-refractivity contribution in [2.45, 2.75) is 32.6 Å². The van der Waals surface area contributed by atoms with Gasteiger partial charge in [-0.3, -0.25) is 9.79 Å². The third kappa shape index (κ3) is 9.13. The van der Waals surface area contributed by atoms with E-state index in [2.05, 4.69) is 15.6 Å². The predicted molar refractivity (Wildman–Crippen MR) is 96.3 cm³/mol. The van der Waals surface area contributed by atoms with Crippen LogP contribution in [0.25, 0.3) is 0 Å². The first-order chi connectivity index (χ1) is 9.77. The fourth-order valence-electron chi connectivity index (χ4n) is 2.15. The second-order valence-electron chi connectivity index (χ2n) is 4.87. The van der Waals surface area contributed by atoms with Crippen molar-refractivity contribution in [3.8, 4) is 0 Å². The van der Waals surface area contributed by atoms with Gasteiger partial charge >= 0.3 is 0 Å². The molecule has 2 N–H and O–H groups in total. The minimum atomic E-state index is 0. The smallest absolute Gasteiger partial charge is 0.224 e. The number of amides is 1. The van der Waals surface area contributed by atoms with Gasteiger partial charge in [0.15, 0.2) is 5.96 Å². The molecule has 0 aliphatic carbocycles. The molecule has 0 aromatic carbocycles. The van der Waals surface area contributed by atoms with Gasteiger partial charge in [-0.2, -0.15) is 0 Å². The summed E-state index contributed by atoms with van der Waals surface area (Å²) in [6, 6.07) is 0. The molecule has 124 valence electrons. The molecule has 1 aliphatic rings. The maximum absolute atomic E-state index is 11.9. The predicted octanol–water partition coefficient (Wildman–Crippen LogP) is 1.21. The largest absolute Gasteiger partial charge is 0.385 e. The van der Waals surface area contributed by atoms with Gasteiger partial charge in [0.1, 0.15) is 0 Å². The molecule has 0 atom stereocenters. The van der Waals surface area contributed by atoms with Gasteiger partial charge in [-0.1, -0.05) is 0 Å². The van der Waals surface area contributed by atoms with Crippen LogP contribution in [0, 0.1) is 0 Å². The molecule has 0 aromatic heterocycles. The lowest BCUT2D eigenvalue weighted by Crippen LogP contribution is -2.39. The van der Waals surface area contributed by atoms with E-state index in [9.17, 15) is 4.79 Å². The number of carbonyl (C=O) groups excluding carboxylic acids is 1. The Labute approximate surface area is 145 Å². The SMILES string of the molecule is CCNC(=NCCCOC)NCCC(=O)N1CCCC1.I. The highest BCUT2D eigenvalue weighted by Gasteiger charge is 2.17. The van der Waals surface area contributed by atoms with Crippen molar-refractivity contribution in [2.24, 2.45) is 4.99 Å². The number of hydrogen-bond acceptors (Lipinski definition) is 3. The Morgan fingerprint density at radius 2 is 2.00 bits per heavy atom. The summed E-state index contributed by atoms with van der Waals surface area (Å²) in [4.78, 5) is 18.3. The average molecular weight is 412 g/mol. The molecule has 0 radical (unpaired) electrons. The van der Waals surface area contributed by atoms with Crippen molar-refractivity contribution in [3.05, 3.63) is 0 Å². The quantitative estimate of drug-likeness (QED) is 0.272. The summed E-state index contributed by atoms with van der Waals surface area (Å²) >= 11 is 0. The van der Waals surface area contributed by atoms with E-state index < -0.39 is 0 Å². The number of likely N-dealkylation sites (tertiary alicyclic amines) is 1. The summed E-state index contributed by atoms with van der Waals surface area (Å²) in [6.45, 7) is 6.76. The maximum Gasteiger partial charge on any atom is 0.224 e. The van der Waals surface area contributed by atoms with Crippen LogP contribution in [0.15, 0.2) is 4.99 Å². The monoisotopic (exact) mass is 412 g/mol. The Hall–Kier alpha value is -0.570. The van der Waals surface area contributed by atoms with E-state index in [0.717, 1.165) is 58.0 Å². The number of rotatable bonds is 8. The Kier molecular flexibility index (Phi) is 12.8. The zero-order valence-corrected chi connectivity index (χ0v) is 15.5. The Bertz CT molecular complexity index is 307. The fourth-order valence-corrected chi connectivity index (χ4v) is 2.15. The summed E-state index contributed by atoms with van der Waals surface area (Å²) in [7, 11) is 1.69. The van der Waals surface area contributed by atoms with Crippen LogP contribution >= 0.6 is 24.0 Å². The third-order valence-corrected chi connectivity index (χ3v) is 3.21. The number of hydrogen-bond donors (Lipinski definition) is 2. The molecule has 7 heteroatoms. The Morgan fingerprint density at radius 1 is 1.29 bits per heavy atom. The molecule has 0 unspecified atom stereocenters. The number of nitrogens with zero attached hydrogens (tertiary/aromatic N) is 2. The third-order valence-electron chi connectivity index (χ3n) is 3.21. The number of nitrogens with one attached hydrogen (secondary N) is 2. The maximum atomic E-state index is 11.9. The van der Waals surface area contributed by atoms with Crippen LogP contribution in [0.2, 0.25) is 0 Å². The average Bonchev–Trinajstić information content (AvgIpc) is 2.97. The molecular formula is C14H29IN4O2. The first kappa shape index (κ1) is 20.4. The molecule has 1 saturated heterocycles. The van der Waals surface area contributed by atoms with Crippen LogP contribution in [-0.2, 0) is 9.53 Å². The van der Waals surface area contributed by atoms with E-state index in [1.807, 2.05) is 11.8 Å². The van der Waals surface area contributed by atoms with Crippen LogP contribution in [0.4, 0.5) is 0 Å². The van der Waals surface area contributed by atoms with Gasteiger partial charge in [0.25, 0.3) is 0 Å². The highest BCUT2D eigenvalue weighted by molar-refractivity contribution is 14.0. The minimum Gasteiger partial charge on any atom is -0.385 e. The number of carbonyl (C=O) groups is 1. The zero-order valence-electron chi connectivity index (χ0n) is 13.2. The van der Waals surface area contributed by atoms with Crippen molar-refractivity contribution in [3.63, 3.8) is 0 Å². The molecular weight excluding hydrogens is 383 g/mol. The van der Waals surface area contributed by atoms with Gasteiger partial charge in [0, 0.05) is 52.9 Å². The Balaban J connectivity index is 0.00000400. The molecule has 6 nitrogen and oxygen atoms in total. The van der Waals surface area contributed by atoms with Crippen molar-refractivity contribution in [1.82, 2.24) is 15.5 Å². The molecule has 0 saturated carbocycles. The summed E-state index contributed by atoms with van der Waals surface area (Å²) in [5.41, 5.74) is 0. The molecule has 1 heterocycles. The van der Waals surface area contributed by atoms with E-state index in [4.69, 9.17) is 4.74 Å². The van der Waals surface area contributed by atoms with Crippen LogP contribution in [-0.4, -0.2) is 63.2 Å². The second kappa shape index (κ2) is 13.1. The zero-order chi connectivity index (χ0) is 14.6. The standard InChI is InChI=1S/C14H28N4O2.HI/c1-3-15-14(16-8-6-12-20-2)17-9-7-13(19)18-10-4-5-11-18;/h3-12H2,1-2H3,(H2,15,16,17);1H. The van der Waals surface area contributed by atoms with Crippen LogP contribution < -0.4 is 10.6 Å². The molecule has 1 amide bonds. The van der Waals surface area contributed by atoms with E-state index in [1.54, 1.807) is 7.11 Å². The molecule has 0 spiro atoms. The van der Waals surface area contributed by atoms with Gasteiger partial charge in [0.2, 0.25) is 5.91 Å².